The summed E-state index contributed by atoms with van der Waals surface area (Å²) >= 11 is 3.65. The standard InChI is InChI=1S/C16H20BrNO2/c17-14-3-1-2-13-12(14)5-6-15(13)18-9-8-11(10-18)4-7-16(19)20/h1-3,11,15H,4-10H2,(H,19,20). The fourth-order valence-corrected chi connectivity index (χ4v) is 4.26. The van der Waals surface area contributed by atoms with Gasteiger partial charge >= 0.3 is 5.97 Å². The Kier molecular flexibility index (Phi) is 4.13. The highest BCUT2D eigenvalue weighted by Crippen LogP contribution is 2.41. The predicted octanol–water partition coefficient (Wildman–Crippen LogP) is 3.62. The Labute approximate surface area is 128 Å². The maximum atomic E-state index is 10.7. The number of hydrogen-bond acceptors (Lipinski definition) is 2. The van der Waals surface area contributed by atoms with Crippen molar-refractivity contribution in [1.29, 1.82) is 0 Å². The molecular weight excluding hydrogens is 318 g/mol. The van der Waals surface area contributed by atoms with Gasteiger partial charge in [-0.1, -0.05) is 28.1 Å². The molecule has 1 aromatic carbocycles. The van der Waals surface area contributed by atoms with Gasteiger partial charge in [0.05, 0.1) is 0 Å². The molecule has 3 rings (SSSR count). The summed E-state index contributed by atoms with van der Waals surface area (Å²) in [5, 5.41) is 8.79. The molecule has 0 aromatic heterocycles. The number of nitrogens with zero attached hydrogens (tertiary/aromatic N) is 1. The van der Waals surface area contributed by atoms with Gasteiger partial charge in [-0.05, 0) is 55.3 Å². The van der Waals surface area contributed by atoms with Crippen molar-refractivity contribution < 1.29 is 9.90 Å². The first-order chi connectivity index (χ1) is 9.65. The van der Waals surface area contributed by atoms with E-state index in [0.29, 0.717) is 18.4 Å². The van der Waals surface area contributed by atoms with Crippen molar-refractivity contribution in [3.8, 4) is 0 Å². The maximum Gasteiger partial charge on any atom is 0.303 e. The molecule has 1 saturated heterocycles. The first-order valence-corrected chi connectivity index (χ1v) is 8.17. The lowest BCUT2D eigenvalue weighted by atomic mass is 10.0. The molecule has 0 radical (unpaired) electrons. The fraction of sp³-hybridized carbons (Fsp3) is 0.562. The molecule has 2 atom stereocenters. The molecule has 1 aromatic rings. The van der Waals surface area contributed by atoms with Crippen molar-refractivity contribution in [3.63, 3.8) is 0 Å². The van der Waals surface area contributed by atoms with E-state index in [9.17, 15) is 4.79 Å². The lowest BCUT2D eigenvalue weighted by molar-refractivity contribution is -0.137. The molecule has 2 aliphatic rings. The summed E-state index contributed by atoms with van der Waals surface area (Å²) < 4.78 is 1.24. The van der Waals surface area contributed by atoms with Crippen LogP contribution in [0, 0.1) is 5.92 Å². The van der Waals surface area contributed by atoms with E-state index < -0.39 is 5.97 Å². The number of carboxylic acid groups (broad SMARTS) is 1. The molecule has 1 aliphatic carbocycles. The van der Waals surface area contributed by atoms with E-state index in [1.54, 1.807) is 0 Å². The molecule has 1 heterocycles. The van der Waals surface area contributed by atoms with Gasteiger partial charge in [0, 0.05) is 23.5 Å². The number of carbonyl (C=O) groups is 1. The molecule has 1 fully saturated rings. The Bertz CT molecular complexity index is 517. The average Bonchev–Trinajstić information content (AvgIpc) is 3.02. The molecule has 0 saturated carbocycles. The number of likely N-dealkylation sites (tertiary alicyclic amines) is 1. The fourth-order valence-electron chi connectivity index (χ4n) is 3.68. The van der Waals surface area contributed by atoms with Crippen molar-refractivity contribution in [1.82, 2.24) is 4.90 Å². The minimum atomic E-state index is -0.668. The third-order valence-electron chi connectivity index (χ3n) is 4.71. The summed E-state index contributed by atoms with van der Waals surface area (Å²) in [6.07, 6.45) is 4.63. The zero-order valence-corrected chi connectivity index (χ0v) is 13.1. The van der Waals surface area contributed by atoms with Crippen LogP contribution in [0.1, 0.15) is 42.9 Å². The van der Waals surface area contributed by atoms with Crippen LogP contribution in [0.5, 0.6) is 0 Å². The molecule has 20 heavy (non-hydrogen) atoms. The number of rotatable bonds is 4. The van der Waals surface area contributed by atoms with Crippen LogP contribution in [0.25, 0.3) is 0 Å². The highest BCUT2D eigenvalue weighted by Gasteiger charge is 2.33. The third kappa shape index (κ3) is 2.77. The molecular formula is C16H20BrNO2. The second-order valence-corrected chi connectivity index (χ2v) is 6.80. The highest BCUT2D eigenvalue weighted by molar-refractivity contribution is 9.10. The van der Waals surface area contributed by atoms with Crippen molar-refractivity contribution in [2.75, 3.05) is 13.1 Å². The second kappa shape index (κ2) is 5.86. The van der Waals surface area contributed by atoms with Gasteiger partial charge in [-0.3, -0.25) is 9.69 Å². The highest BCUT2D eigenvalue weighted by atomic mass is 79.9. The van der Waals surface area contributed by atoms with Crippen LogP contribution in [-0.4, -0.2) is 29.1 Å². The van der Waals surface area contributed by atoms with Gasteiger partial charge in [-0.25, -0.2) is 0 Å². The normalized spacial score (nSPS) is 25.9. The van der Waals surface area contributed by atoms with Gasteiger partial charge < -0.3 is 5.11 Å². The van der Waals surface area contributed by atoms with Crippen LogP contribution in [0.3, 0.4) is 0 Å². The molecule has 3 nitrogen and oxygen atoms in total. The van der Waals surface area contributed by atoms with E-state index in [0.717, 1.165) is 32.4 Å². The molecule has 1 aliphatic heterocycles. The van der Waals surface area contributed by atoms with Gasteiger partial charge in [0.15, 0.2) is 0 Å². The van der Waals surface area contributed by atoms with Crippen molar-refractivity contribution in [2.45, 2.75) is 38.1 Å². The monoisotopic (exact) mass is 337 g/mol. The Hall–Kier alpha value is -0.870. The molecule has 108 valence electrons. The number of aliphatic carboxylic acids is 1. The van der Waals surface area contributed by atoms with Crippen molar-refractivity contribution >= 4 is 21.9 Å². The van der Waals surface area contributed by atoms with Gasteiger partial charge in [-0.15, -0.1) is 0 Å². The van der Waals surface area contributed by atoms with E-state index in [1.165, 1.54) is 22.0 Å². The summed E-state index contributed by atoms with van der Waals surface area (Å²) in [4.78, 5) is 13.2. The van der Waals surface area contributed by atoms with Crippen LogP contribution in [0.15, 0.2) is 22.7 Å². The zero-order valence-electron chi connectivity index (χ0n) is 11.5. The van der Waals surface area contributed by atoms with E-state index in [1.807, 2.05) is 0 Å². The molecule has 2 unspecified atom stereocenters. The van der Waals surface area contributed by atoms with E-state index >= 15 is 0 Å². The smallest absolute Gasteiger partial charge is 0.303 e. The Morgan fingerprint density at radius 3 is 3.05 bits per heavy atom. The molecule has 4 heteroatoms. The van der Waals surface area contributed by atoms with E-state index in [2.05, 4.69) is 39.0 Å². The number of hydrogen-bond donors (Lipinski definition) is 1. The lowest BCUT2D eigenvalue weighted by Gasteiger charge is -2.25. The minimum Gasteiger partial charge on any atom is -0.481 e. The Balaban J connectivity index is 1.65. The first-order valence-electron chi connectivity index (χ1n) is 7.38. The summed E-state index contributed by atoms with van der Waals surface area (Å²) in [6, 6.07) is 7.04. The SMILES string of the molecule is O=C(O)CCC1CCN(C2CCc3c(Br)cccc32)C1. The first kappa shape index (κ1) is 14.1. The number of carboxylic acids is 1. The average molecular weight is 338 g/mol. The van der Waals surface area contributed by atoms with Gasteiger partial charge in [-0.2, -0.15) is 0 Å². The number of fused-ring (bicyclic) bond motifs is 1. The lowest BCUT2D eigenvalue weighted by Crippen LogP contribution is -2.25. The van der Waals surface area contributed by atoms with E-state index in [4.69, 9.17) is 5.11 Å². The molecule has 0 spiro atoms. The van der Waals surface area contributed by atoms with Crippen LogP contribution in [0.4, 0.5) is 0 Å². The summed E-state index contributed by atoms with van der Waals surface area (Å²) in [7, 11) is 0. The van der Waals surface area contributed by atoms with Gasteiger partial charge in [0.2, 0.25) is 0 Å². The molecule has 1 N–H and O–H groups in total. The second-order valence-electron chi connectivity index (χ2n) is 5.94. The maximum absolute atomic E-state index is 10.7. The van der Waals surface area contributed by atoms with Crippen molar-refractivity contribution in [3.05, 3.63) is 33.8 Å². The van der Waals surface area contributed by atoms with Crippen LogP contribution in [-0.2, 0) is 11.2 Å². The van der Waals surface area contributed by atoms with Crippen LogP contribution in [0.2, 0.25) is 0 Å². The molecule has 0 amide bonds. The summed E-state index contributed by atoms with van der Waals surface area (Å²) in [6.45, 7) is 2.17. The van der Waals surface area contributed by atoms with Crippen LogP contribution >= 0.6 is 15.9 Å². The summed E-state index contributed by atoms with van der Waals surface area (Å²) in [5.74, 6) is -0.110. The Morgan fingerprint density at radius 2 is 2.25 bits per heavy atom. The number of benzene rings is 1. The summed E-state index contributed by atoms with van der Waals surface area (Å²) in [5.41, 5.74) is 2.93. The van der Waals surface area contributed by atoms with E-state index in [-0.39, 0.29) is 0 Å². The van der Waals surface area contributed by atoms with Crippen molar-refractivity contribution in [2.24, 2.45) is 5.92 Å². The predicted molar refractivity (Wildman–Crippen MR) is 81.8 cm³/mol. The quantitative estimate of drug-likeness (QED) is 0.912. The molecule has 0 bridgehead atoms. The van der Waals surface area contributed by atoms with Gasteiger partial charge in [0.25, 0.3) is 0 Å². The topological polar surface area (TPSA) is 40.5 Å². The van der Waals surface area contributed by atoms with Crippen LogP contribution < -0.4 is 0 Å². The number of halogens is 1. The van der Waals surface area contributed by atoms with Gasteiger partial charge in [0.1, 0.15) is 0 Å². The minimum absolute atomic E-state index is 0.311. The zero-order chi connectivity index (χ0) is 14.1. The third-order valence-corrected chi connectivity index (χ3v) is 5.45. The Morgan fingerprint density at radius 1 is 1.40 bits per heavy atom. The largest absolute Gasteiger partial charge is 0.481 e.